The van der Waals surface area contributed by atoms with Crippen LogP contribution in [0.15, 0.2) is 24.4 Å². The molecule has 4 nitrogen and oxygen atoms in total. The highest BCUT2D eigenvalue weighted by Crippen LogP contribution is 2.30. The highest BCUT2D eigenvalue weighted by Gasteiger charge is 2.29. The third-order valence-electron chi connectivity index (χ3n) is 3.36. The minimum absolute atomic E-state index is 0.259. The van der Waals surface area contributed by atoms with Crippen molar-refractivity contribution in [1.82, 2.24) is 9.78 Å². The maximum Gasteiger partial charge on any atom is 0.341 e. The van der Waals surface area contributed by atoms with Gasteiger partial charge in [0.15, 0.2) is 0 Å². The van der Waals surface area contributed by atoms with Gasteiger partial charge in [0, 0.05) is 10.4 Å². The van der Waals surface area contributed by atoms with Crippen molar-refractivity contribution < 1.29 is 9.53 Å². The van der Waals surface area contributed by atoms with Crippen LogP contribution in [-0.4, -0.2) is 22.4 Å². The SMILES string of the molecule is CCOC(=O)c1cnn(-c2ccc(Cl)cc2C)c1C(C)(C)C. The summed E-state index contributed by atoms with van der Waals surface area (Å²) < 4.78 is 6.95. The highest BCUT2D eigenvalue weighted by atomic mass is 35.5. The Hall–Kier alpha value is -1.81. The number of hydrogen-bond donors (Lipinski definition) is 0. The monoisotopic (exact) mass is 320 g/mol. The molecule has 0 spiro atoms. The standard InChI is InChI=1S/C17H21ClN2O2/c1-6-22-16(21)13-10-19-20(15(13)17(3,4)5)14-8-7-12(18)9-11(14)2/h7-10H,6H2,1-5H3. The third kappa shape index (κ3) is 3.17. The van der Waals surface area contributed by atoms with E-state index in [2.05, 4.69) is 25.9 Å². The van der Waals surface area contributed by atoms with Crippen molar-refractivity contribution >= 4 is 17.6 Å². The largest absolute Gasteiger partial charge is 0.462 e. The lowest BCUT2D eigenvalue weighted by Gasteiger charge is -2.23. The minimum atomic E-state index is -0.342. The smallest absolute Gasteiger partial charge is 0.341 e. The molecule has 0 radical (unpaired) electrons. The number of esters is 1. The molecule has 2 aromatic rings. The Morgan fingerprint density at radius 3 is 2.59 bits per heavy atom. The van der Waals surface area contributed by atoms with Gasteiger partial charge in [-0.3, -0.25) is 0 Å². The van der Waals surface area contributed by atoms with Crippen molar-refractivity contribution in [1.29, 1.82) is 0 Å². The Labute approximate surface area is 136 Å². The maximum atomic E-state index is 12.2. The van der Waals surface area contributed by atoms with Gasteiger partial charge in [-0.2, -0.15) is 5.10 Å². The van der Waals surface area contributed by atoms with Crippen LogP contribution in [0.3, 0.4) is 0 Å². The summed E-state index contributed by atoms with van der Waals surface area (Å²) in [6, 6.07) is 5.62. The van der Waals surface area contributed by atoms with E-state index in [1.807, 2.05) is 25.1 Å². The topological polar surface area (TPSA) is 44.1 Å². The molecular formula is C17H21ClN2O2. The average Bonchev–Trinajstić information content (AvgIpc) is 2.83. The number of aromatic nitrogens is 2. The predicted octanol–water partition coefficient (Wildman–Crippen LogP) is 4.31. The molecule has 0 fully saturated rings. The normalized spacial score (nSPS) is 11.5. The van der Waals surface area contributed by atoms with E-state index in [0.29, 0.717) is 17.2 Å². The molecule has 5 heteroatoms. The van der Waals surface area contributed by atoms with Gasteiger partial charge in [0.2, 0.25) is 0 Å². The van der Waals surface area contributed by atoms with Gasteiger partial charge < -0.3 is 4.74 Å². The van der Waals surface area contributed by atoms with Crippen LogP contribution in [0.2, 0.25) is 5.02 Å². The first-order chi connectivity index (χ1) is 10.3. The number of carbonyl (C=O) groups excluding carboxylic acids is 1. The van der Waals surface area contributed by atoms with Gasteiger partial charge in [0.05, 0.1) is 24.2 Å². The quantitative estimate of drug-likeness (QED) is 0.792. The van der Waals surface area contributed by atoms with E-state index in [4.69, 9.17) is 16.3 Å². The van der Waals surface area contributed by atoms with Crippen molar-refractivity contribution in [2.45, 2.75) is 40.0 Å². The molecule has 118 valence electrons. The molecular weight excluding hydrogens is 300 g/mol. The summed E-state index contributed by atoms with van der Waals surface area (Å²) >= 11 is 6.03. The molecule has 0 unspecified atom stereocenters. The number of benzene rings is 1. The van der Waals surface area contributed by atoms with Crippen molar-refractivity contribution in [2.24, 2.45) is 0 Å². The van der Waals surface area contributed by atoms with Gasteiger partial charge in [-0.25, -0.2) is 9.48 Å². The number of rotatable bonds is 3. The van der Waals surface area contributed by atoms with Gasteiger partial charge in [-0.05, 0) is 37.6 Å². The zero-order valence-corrected chi connectivity index (χ0v) is 14.4. The van der Waals surface area contributed by atoms with Crippen LogP contribution in [0.4, 0.5) is 0 Å². The third-order valence-corrected chi connectivity index (χ3v) is 3.60. The van der Waals surface area contributed by atoms with Crippen LogP contribution in [0.1, 0.15) is 49.3 Å². The summed E-state index contributed by atoms with van der Waals surface area (Å²) in [6.07, 6.45) is 1.58. The van der Waals surface area contributed by atoms with Crippen LogP contribution in [0.25, 0.3) is 5.69 Å². The van der Waals surface area contributed by atoms with E-state index in [1.165, 1.54) is 0 Å². The van der Waals surface area contributed by atoms with Gasteiger partial charge in [0.25, 0.3) is 0 Å². The van der Waals surface area contributed by atoms with Gasteiger partial charge >= 0.3 is 5.97 Å². The maximum absolute atomic E-state index is 12.2. The molecule has 22 heavy (non-hydrogen) atoms. The summed E-state index contributed by atoms with van der Waals surface area (Å²) in [6.45, 7) is 10.3. The first kappa shape index (κ1) is 16.6. The van der Waals surface area contributed by atoms with Crippen LogP contribution in [0, 0.1) is 6.92 Å². The lowest BCUT2D eigenvalue weighted by molar-refractivity contribution is 0.0523. The molecule has 0 N–H and O–H groups in total. The fourth-order valence-electron chi connectivity index (χ4n) is 2.47. The Balaban J connectivity index is 2.64. The molecule has 0 aliphatic rings. The van der Waals surface area contributed by atoms with Crippen LogP contribution >= 0.6 is 11.6 Å². The predicted molar refractivity (Wildman–Crippen MR) is 88.0 cm³/mol. The fraction of sp³-hybridized carbons (Fsp3) is 0.412. The van der Waals surface area contributed by atoms with Crippen molar-refractivity contribution in [3.63, 3.8) is 0 Å². The first-order valence-corrected chi connectivity index (χ1v) is 7.65. The number of carbonyl (C=O) groups is 1. The van der Waals surface area contributed by atoms with E-state index < -0.39 is 0 Å². The fourth-order valence-corrected chi connectivity index (χ4v) is 2.69. The summed E-state index contributed by atoms with van der Waals surface area (Å²) in [5.74, 6) is -0.342. The Morgan fingerprint density at radius 1 is 1.36 bits per heavy atom. The second-order valence-corrected chi connectivity index (χ2v) is 6.66. The van der Waals surface area contributed by atoms with Gasteiger partial charge in [-0.1, -0.05) is 32.4 Å². The van der Waals surface area contributed by atoms with Gasteiger partial charge in [0.1, 0.15) is 5.56 Å². The number of nitrogens with zero attached hydrogens (tertiary/aromatic N) is 2. The molecule has 0 aliphatic heterocycles. The molecule has 1 aromatic carbocycles. The van der Waals surface area contributed by atoms with Crippen molar-refractivity contribution in [3.8, 4) is 5.69 Å². The summed E-state index contributed by atoms with van der Waals surface area (Å²) in [4.78, 5) is 12.2. The van der Waals surface area contributed by atoms with E-state index >= 15 is 0 Å². The summed E-state index contributed by atoms with van der Waals surface area (Å²) in [5.41, 5.74) is 2.98. The molecule has 0 saturated heterocycles. The van der Waals surface area contributed by atoms with Crippen LogP contribution < -0.4 is 0 Å². The Bertz CT molecular complexity index is 699. The lowest BCUT2D eigenvalue weighted by Crippen LogP contribution is -2.22. The van der Waals surface area contributed by atoms with Crippen molar-refractivity contribution in [2.75, 3.05) is 6.61 Å². The Kier molecular flexibility index (Phi) is 4.61. The highest BCUT2D eigenvalue weighted by molar-refractivity contribution is 6.30. The Morgan fingerprint density at radius 2 is 2.05 bits per heavy atom. The number of hydrogen-bond acceptors (Lipinski definition) is 3. The van der Waals surface area contributed by atoms with Crippen molar-refractivity contribution in [3.05, 3.63) is 46.2 Å². The zero-order chi connectivity index (χ0) is 16.5. The summed E-state index contributed by atoms with van der Waals surface area (Å²) in [7, 11) is 0. The number of aryl methyl sites for hydroxylation is 1. The molecule has 0 aliphatic carbocycles. The summed E-state index contributed by atoms with van der Waals surface area (Å²) in [5, 5.41) is 5.10. The molecule has 0 amide bonds. The molecule has 1 aromatic heterocycles. The van der Waals surface area contributed by atoms with Crippen LogP contribution in [0.5, 0.6) is 0 Å². The number of ether oxygens (including phenoxy) is 1. The number of halogens is 1. The molecule has 1 heterocycles. The minimum Gasteiger partial charge on any atom is -0.462 e. The van der Waals surface area contributed by atoms with E-state index in [1.54, 1.807) is 17.8 Å². The molecule has 0 atom stereocenters. The lowest BCUT2D eigenvalue weighted by atomic mass is 9.89. The first-order valence-electron chi connectivity index (χ1n) is 7.28. The van der Waals surface area contributed by atoms with Crippen LogP contribution in [-0.2, 0) is 10.2 Å². The van der Waals surface area contributed by atoms with Gasteiger partial charge in [-0.15, -0.1) is 0 Å². The molecule has 0 saturated carbocycles. The van der Waals surface area contributed by atoms with E-state index in [0.717, 1.165) is 16.9 Å². The average molecular weight is 321 g/mol. The van der Waals surface area contributed by atoms with E-state index in [9.17, 15) is 4.79 Å². The molecule has 2 rings (SSSR count). The second-order valence-electron chi connectivity index (χ2n) is 6.22. The molecule has 0 bridgehead atoms. The zero-order valence-electron chi connectivity index (χ0n) is 13.6. The van der Waals surface area contributed by atoms with E-state index in [-0.39, 0.29) is 11.4 Å². The second kappa shape index (κ2) is 6.13.